The molecule has 0 bridgehead atoms. The molecule has 1 aromatic rings. The first kappa shape index (κ1) is 16.0. The summed E-state index contributed by atoms with van der Waals surface area (Å²) in [5, 5.41) is 3.19. The lowest BCUT2D eigenvalue weighted by atomic mass is 9.87. The molecular weight excluding hydrogens is 288 g/mol. The summed E-state index contributed by atoms with van der Waals surface area (Å²) < 4.78 is 0. The Bertz CT molecular complexity index is 603. The summed E-state index contributed by atoms with van der Waals surface area (Å²) in [6, 6.07) is 7.24. The van der Waals surface area contributed by atoms with Crippen LogP contribution in [0.5, 0.6) is 0 Å². The van der Waals surface area contributed by atoms with E-state index in [0.717, 1.165) is 24.3 Å². The Morgan fingerprint density at radius 3 is 2.48 bits per heavy atom. The SMILES string of the molecule is CC1CCC(NC(=O)C2c3ccccc3C(=O)N2C(C)C)CC1. The van der Waals surface area contributed by atoms with E-state index in [2.05, 4.69) is 12.2 Å². The van der Waals surface area contributed by atoms with Gasteiger partial charge in [-0.25, -0.2) is 0 Å². The van der Waals surface area contributed by atoms with Crippen molar-refractivity contribution in [1.82, 2.24) is 10.2 Å². The molecule has 1 heterocycles. The molecule has 124 valence electrons. The number of hydrogen-bond acceptors (Lipinski definition) is 2. The third kappa shape index (κ3) is 2.99. The molecule has 4 nitrogen and oxygen atoms in total. The van der Waals surface area contributed by atoms with Crippen LogP contribution in [0, 0.1) is 5.92 Å². The van der Waals surface area contributed by atoms with Gasteiger partial charge in [0, 0.05) is 17.6 Å². The molecule has 3 rings (SSSR count). The second-order valence-corrected chi connectivity index (χ2v) is 7.26. The van der Waals surface area contributed by atoms with Crippen LogP contribution in [0.1, 0.15) is 68.4 Å². The average molecular weight is 314 g/mol. The van der Waals surface area contributed by atoms with Crippen LogP contribution < -0.4 is 5.32 Å². The van der Waals surface area contributed by atoms with E-state index < -0.39 is 6.04 Å². The van der Waals surface area contributed by atoms with Crippen LogP contribution in [0.15, 0.2) is 24.3 Å². The number of fused-ring (bicyclic) bond motifs is 1. The summed E-state index contributed by atoms with van der Waals surface area (Å²) >= 11 is 0. The Labute approximate surface area is 138 Å². The van der Waals surface area contributed by atoms with Crippen molar-refractivity contribution in [2.45, 2.75) is 64.6 Å². The normalized spacial score (nSPS) is 27.2. The Balaban J connectivity index is 1.81. The highest BCUT2D eigenvalue weighted by Gasteiger charge is 2.42. The van der Waals surface area contributed by atoms with Gasteiger partial charge in [0.15, 0.2) is 0 Å². The molecule has 1 atom stereocenters. The van der Waals surface area contributed by atoms with E-state index in [9.17, 15) is 9.59 Å². The highest BCUT2D eigenvalue weighted by Crippen LogP contribution is 2.35. The Hall–Kier alpha value is -1.84. The molecule has 2 aliphatic rings. The average Bonchev–Trinajstić information content (AvgIpc) is 2.83. The van der Waals surface area contributed by atoms with Crippen LogP contribution in [0.3, 0.4) is 0 Å². The van der Waals surface area contributed by atoms with Crippen molar-refractivity contribution in [1.29, 1.82) is 0 Å². The van der Waals surface area contributed by atoms with Gasteiger partial charge < -0.3 is 10.2 Å². The fraction of sp³-hybridized carbons (Fsp3) is 0.579. The molecule has 0 radical (unpaired) electrons. The third-order valence-corrected chi connectivity index (χ3v) is 5.17. The van der Waals surface area contributed by atoms with E-state index >= 15 is 0 Å². The van der Waals surface area contributed by atoms with Gasteiger partial charge in [0.05, 0.1) is 0 Å². The number of rotatable bonds is 3. The molecule has 1 saturated carbocycles. The van der Waals surface area contributed by atoms with Gasteiger partial charge in [0.25, 0.3) is 5.91 Å². The molecule has 1 aliphatic heterocycles. The number of benzene rings is 1. The minimum atomic E-state index is -0.488. The van der Waals surface area contributed by atoms with Crippen molar-refractivity contribution < 1.29 is 9.59 Å². The largest absolute Gasteiger partial charge is 0.351 e. The molecule has 1 aromatic carbocycles. The van der Waals surface area contributed by atoms with Crippen LogP contribution in [-0.4, -0.2) is 28.8 Å². The number of nitrogens with zero attached hydrogens (tertiary/aromatic N) is 1. The summed E-state index contributed by atoms with van der Waals surface area (Å²) in [6.45, 7) is 6.20. The molecular formula is C19H26N2O2. The minimum Gasteiger partial charge on any atom is -0.351 e. The van der Waals surface area contributed by atoms with Crippen molar-refractivity contribution in [3.05, 3.63) is 35.4 Å². The van der Waals surface area contributed by atoms with Gasteiger partial charge in [-0.15, -0.1) is 0 Å². The number of amides is 2. The lowest BCUT2D eigenvalue weighted by molar-refractivity contribution is -0.127. The standard InChI is InChI=1S/C19H26N2O2/c1-12(2)21-17(15-6-4-5-7-16(15)19(21)23)18(22)20-14-10-8-13(3)9-11-14/h4-7,12-14,17H,8-11H2,1-3H3,(H,20,22). The monoisotopic (exact) mass is 314 g/mol. The van der Waals surface area contributed by atoms with Gasteiger partial charge in [0.1, 0.15) is 6.04 Å². The van der Waals surface area contributed by atoms with E-state index in [0.29, 0.717) is 5.56 Å². The summed E-state index contributed by atoms with van der Waals surface area (Å²) in [5.74, 6) is 0.689. The smallest absolute Gasteiger partial charge is 0.255 e. The number of nitrogens with one attached hydrogen (secondary N) is 1. The molecule has 0 aromatic heterocycles. The molecule has 2 amide bonds. The molecule has 1 unspecified atom stereocenters. The molecule has 1 fully saturated rings. The highest BCUT2D eigenvalue weighted by molar-refractivity contribution is 6.04. The predicted octanol–water partition coefficient (Wildman–Crippen LogP) is 3.29. The van der Waals surface area contributed by atoms with E-state index in [1.807, 2.05) is 38.1 Å². The minimum absolute atomic E-state index is 0.00275. The number of carbonyl (C=O) groups excluding carboxylic acids is 2. The third-order valence-electron chi connectivity index (χ3n) is 5.17. The quantitative estimate of drug-likeness (QED) is 0.930. The van der Waals surface area contributed by atoms with E-state index in [-0.39, 0.29) is 23.9 Å². The summed E-state index contributed by atoms with van der Waals surface area (Å²) in [4.78, 5) is 27.3. The first-order chi connectivity index (χ1) is 11.0. The topological polar surface area (TPSA) is 49.4 Å². The lowest BCUT2D eigenvalue weighted by Gasteiger charge is -2.32. The molecule has 0 saturated heterocycles. The molecule has 4 heteroatoms. The van der Waals surface area contributed by atoms with Gasteiger partial charge in [0.2, 0.25) is 5.91 Å². The van der Waals surface area contributed by atoms with Crippen molar-refractivity contribution in [3.8, 4) is 0 Å². The van der Waals surface area contributed by atoms with Crippen LogP contribution in [0.4, 0.5) is 0 Å². The number of carbonyl (C=O) groups is 2. The van der Waals surface area contributed by atoms with Crippen molar-refractivity contribution in [3.63, 3.8) is 0 Å². The second kappa shape index (κ2) is 6.34. The maximum Gasteiger partial charge on any atom is 0.255 e. The number of hydrogen-bond donors (Lipinski definition) is 1. The van der Waals surface area contributed by atoms with Crippen LogP contribution in [0.25, 0.3) is 0 Å². The second-order valence-electron chi connectivity index (χ2n) is 7.26. The van der Waals surface area contributed by atoms with E-state index in [1.54, 1.807) is 4.90 Å². The Morgan fingerprint density at radius 1 is 1.17 bits per heavy atom. The summed E-state index contributed by atoms with van der Waals surface area (Å²) in [7, 11) is 0. The van der Waals surface area contributed by atoms with Crippen LogP contribution >= 0.6 is 0 Å². The zero-order valence-corrected chi connectivity index (χ0v) is 14.2. The van der Waals surface area contributed by atoms with Gasteiger partial charge in [-0.3, -0.25) is 9.59 Å². The van der Waals surface area contributed by atoms with Crippen molar-refractivity contribution in [2.24, 2.45) is 5.92 Å². The summed E-state index contributed by atoms with van der Waals surface area (Å²) in [6.07, 6.45) is 4.41. The van der Waals surface area contributed by atoms with Crippen molar-refractivity contribution in [2.75, 3.05) is 0 Å². The first-order valence-corrected chi connectivity index (χ1v) is 8.71. The van der Waals surface area contributed by atoms with Gasteiger partial charge in [-0.1, -0.05) is 25.1 Å². The fourth-order valence-electron chi connectivity index (χ4n) is 3.82. The zero-order chi connectivity index (χ0) is 16.6. The lowest BCUT2D eigenvalue weighted by Crippen LogP contribution is -2.46. The van der Waals surface area contributed by atoms with E-state index in [1.165, 1.54) is 12.8 Å². The predicted molar refractivity (Wildman–Crippen MR) is 90.1 cm³/mol. The maximum absolute atomic E-state index is 12.9. The van der Waals surface area contributed by atoms with Crippen LogP contribution in [-0.2, 0) is 4.79 Å². The van der Waals surface area contributed by atoms with Gasteiger partial charge in [-0.2, -0.15) is 0 Å². The van der Waals surface area contributed by atoms with Gasteiger partial charge >= 0.3 is 0 Å². The molecule has 1 aliphatic carbocycles. The van der Waals surface area contributed by atoms with Gasteiger partial charge in [-0.05, 0) is 57.1 Å². The molecule has 1 N–H and O–H groups in total. The Kier molecular flexibility index (Phi) is 4.42. The fourth-order valence-corrected chi connectivity index (χ4v) is 3.82. The highest BCUT2D eigenvalue weighted by atomic mass is 16.2. The van der Waals surface area contributed by atoms with E-state index in [4.69, 9.17) is 0 Å². The van der Waals surface area contributed by atoms with Crippen LogP contribution in [0.2, 0.25) is 0 Å². The Morgan fingerprint density at radius 2 is 1.83 bits per heavy atom. The molecule has 23 heavy (non-hydrogen) atoms. The first-order valence-electron chi connectivity index (χ1n) is 8.71. The van der Waals surface area contributed by atoms with Crippen molar-refractivity contribution >= 4 is 11.8 Å². The zero-order valence-electron chi connectivity index (χ0n) is 14.2. The maximum atomic E-state index is 12.9. The summed E-state index contributed by atoms with van der Waals surface area (Å²) in [5.41, 5.74) is 1.51. The molecule has 0 spiro atoms.